The number of hydrogen-bond acceptors (Lipinski definition) is 3. The third kappa shape index (κ3) is 7.54. The van der Waals surface area contributed by atoms with Gasteiger partial charge in [-0.3, -0.25) is 4.79 Å². The Labute approximate surface area is 217 Å². The van der Waals surface area contributed by atoms with Crippen molar-refractivity contribution in [2.45, 2.75) is 57.5 Å². The number of carbonyl (C=O) groups is 2. The van der Waals surface area contributed by atoms with E-state index in [1.807, 2.05) is 45.0 Å². The van der Waals surface area contributed by atoms with Crippen molar-refractivity contribution in [1.29, 1.82) is 0 Å². The van der Waals surface area contributed by atoms with Crippen LogP contribution in [0.4, 0.5) is 9.18 Å². The minimum Gasteiger partial charge on any atom is -0.444 e. The number of hydrogen-bond donors (Lipinski definition) is 1. The van der Waals surface area contributed by atoms with Gasteiger partial charge < -0.3 is 15.0 Å². The van der Waals surface area contributed by atoms with Crippen molar-refractivity contribution >= 4 is 43.9 Å². The van der Waals surface area contributed by atoms with Crippen LogP contribution in [0.15, 0.2) is 51.4 Å². The van der Waals surface area contributed by atoms with Crippen LogP contribution in [-0.2, 0) is 21.4 Å². The smallest absolute Gasteiger partial charge is 0.410 e. The van der Waals surface area contributed by atoms with Gasteiger partial charge in [0.15, 0.2) is 0 Å². The largest absolute Gasteiger partial charge is 0.444 e. The van der Waals surface area contributed by atoms with E-state index in [4.69, 9.17) is 4.74 Å². The van der Waals surface area contributed by atoms with E-state index < -0.39 is 11.0 Å². The summed E-state index contributed by atoms with van der Waals surface area (Å²) in [7, 11) is 0. The van der Waals surface area contributed by atoms with Crippen molar-refractivity contribution in [2.75, 3.05) is 19.6 Å². The maximum absolute atomic E-state index is 14.1. The van der Waals surface area contributed by atoms with Gasteiger partial charge >= 0.3 is 6.09 Å². The molecule has 0 spiro atoms. The molecule has 34 heavy (non-hydrogen) atoms. The van der Waals surface area contributed by atoms with Crippen molar-refractivity contribution in [3.63, 3.8) is 0 Å². The van der Waals surface area contributed by atoms with Crippen LogP contribution in [0.3, 0.4) is 0 Å². The number of likely N-dealkylation sites (tertiary alicyclic amines) is 1. The molecular formula is C26H31Br2FN2O3. The molecule has 1 fully saturated rings. The van der Waals surface area contributed by atoms with E-state index in [9.17, 15) is 14.0 Å². The molecule has 1 heterocycles. The third-order valence-corrected chi connectivity index (χ3v) is 6.88. The molecule has 1 N–H and O–H groups in total. The topological polar surface area (TPSA) is 58.6 Å². The first-order chi connectivity index (χ1) is 16.0. The Bertz CT molecular complexity index is 1010. The van der Waals surface area contributed by atoms with Gasteiger partial charge in [-0.15, -0.1) is 0 Å². The van der Waals surface area contributed by atoms with E-state index in [1.54, 1.807) is 11.0 Å². The molecule has 0 bridgehead atoms. The highest BCUT2D eigenvalue weighted by Crippen LogP contribution is 2.39. The summed E-state index contributed by atoms with van der Waals surface area (Å²) in [4.78, 5) is 27.2. The average molecular weight is 598 g/mol. The zero-order valence-electron chi connectivity index (χ0n) is 19.8. The first-order valence-electron chi connectivity index (χ1n) is 11.4. The lowest BCUT2D eigenvalue weighted by molar-refractivity contribution is -0.122. The van der Waals surface area contributed by atoms with E-state index in [0.29, 0.717) is 38.9 Å². The summed E-state index contributed by atoms with van der Waals surface area (Å²) in [6.07, 6.45) is 1.69. The van der Waals surface area contributed by atoms with Gasteiger partial charge in [0.05, 0.1) is 0 Å². The predicted molar refractivity (Wildman–Crippen MR) is 138 cm³/mol. The van der Waals surface area contributed by atoms with Crippen LogP contribution in [0.25, 0.3) is 0 Å². The number of rotatable bonds is 6. The minimum atomic E-state index is -0.571. The lowest BCUT2D eigenvalue weighted by Crippen LogP contribution is -2.48. The van der Waals surface area contributed by atoms with Crippen molar-refractivity contribution in [3.8, 4) is 0 Å². The summed E-state index contributed by atoms with van der Waals surface area (Å²) in [6, 6.07) is 12.5. The number of nitrogens with one attached hydrogen (secondary N) is 1. The standard InChI is InChI=1S/C26H31Br2FN2O3/c1-25(2,3)34-24(33)31-11-8-26(9-12-31,19-5-4-6-22(29)15-19)17-23(32)30-10-7-18-13-20(27)16-21(28)14-18/h4-6,13-16H,7-12,17H2,1-3H3,(H,30,32). The first-order valence-corrected chi connectivity index (χ1v) is 13.0. The Hall–Kier alpha value is -1.93. The Kier molecular flexibility index (Phi) is 8.79. The van der Waals surface area contributed by atoms with E-state index >= 15 is 0 Å². The highest BCUT2D eigenvalue weighted by Gasteiger charge is 2.40. The molecule has 8 heteroatoms. The van der Waals surface area contributed by atoms with Gasteiger partial charge in [0.1, 0.15) is 11.4 Å². The number of benzene rings is 2. The van der Waals surface area contributed by atoms with Gasteiger partial charge in [-0.1, -0.05) is 44.0 Å². The molecule has 1 aliphatic rings. The number of halogens is 3. The van der Waals surface area contributed by atoms with E-state index in [1.165, 1.54) is 12.1 Å². The van der Waals surface area contributed by atoms with Gasteiger partial charge in [-0.05, 0) is 81.5 Å². The first kappa shape index (κ1) is 26.7. The SMILES string of the molecule is CC(C)(C)OC(=O)N1CCC(CC(=O)NCCc2cc(Br)cc(Br)c2)(c2cccc(F)c2)CC1. The van der Waals surface area contributed by atoms with Gasteiger partial charge in [-0.2, -0.15) is 0 Å². The Morgan fingerprint density at radius 2 is 1.74 bits per heavy atom. The number of piperidine rings is 1. The number of carbonyl (C=O) groups excluding carboxylic acids is 2. The zero-order valence-corrected chi connectivity index (χ0v) is 23.0. The fourth-order valence-electron chi connectivity index (χ4n) is 4.30. The molecule has 1 saturated heterocycles. The summed E-state index contributed by atoms with van der Waals surface area (Å²) in [5, 5.41) is 3.02. The molecule has 0 atom stereocenters. The number of nitrogens with zero attached hydrogens (tertiary/aromatic N) is 1. The number of ether oxygens (including phenoxy) is 1. The summed E-state index contributed by atoms with van der Waals surface area (Å²) in [5.74, 6) is -0.406. The monoisotopic (exact) mass is 596 g/mol. The van der Waals surface area contributed by atoms with Crippen LogP contribution in [0.2, 0.25) is 0 Å². The van der Waals surface area contributed by atoms with Crippen LogP contribution in [0.1, 0.15) is 51.2 Å². The molecule has 3 rings (SSSR count). The van der Waals surface area contributed by atoms with Crippen LogP contribution in [0, 0.1) is 5.82 Å². The Morgan fingerprint density at radius 1 is 1.09 bits per heavy atom. The molecule has 184 valence electrons. The van der Waals surface area contributed by atoms with Crippen LogP contribution in [-0.4, -0.2) is 42.1 Å². The summed E-state index contributed by atoms with van der Waals surface area (Å²) in [5.41, 5.74) is 0.788. The second kappa shape index (κ2) is 11.2. The van der Waals surface area contributed by atoms with Crippen molar-refractivity contribution in [3.05, 3.63) is 68.4 Å². The average Bonchev–Trinajstić information content (AvgIpc) is 2.72. The normalized spacial score (nSPS) is 15.6. The summed E-state index contributed by atoms with van der Waals surface area (Å²) in [6.45, 7) is 6.91. The van der Waals surface area contributed by atoms with Crippen LogP contribution in [0.5, 0.6) is 0 Å². The highest BCUT2D eigenvalue weighted by molar-refractivity contribution is 9.11. The molecule has 2 aromatic rings. The maximum Gasteiger partial charge on any atom is 0.410 e. The molecule has 0 aromatic heterocycles. The fraction of sp³-hybridized carbons (Fsp3) is 0.462. The molecule has 0 radical (unpaired) electrons. The molecule has 0 unspecified atom stereocenters. The molecule has 5 nitrogen and oxygen atoms in total. The lowest BCUT2D eigenvalue weighted by atomic mass is 9.70. The van der Waals surface area contributed by atoms with Gasteiger partial charge in [-0.25, -0.2) is 9.18 Å². The molecule has 0 saturated carbocycles. The summed E-state index contributed by atoms with van der Waals surface area (Å²) >= 11 is 6.97. The van der Waals surface area contributed by atoms with Crippen molar-refractivity contribution < 1.29 is 18.7 Å². The second-order valence-electron chi connectivity index (χ2n) is 9.81. The minimum absolute atomic E-state index is 0.0796. The van der Waals surface area contributed by atoms with Gasteiger partial charge in [0, 0.05) is 40.4 Å². The third-order valence-electron chi connectivity index (χ3n) is 5.97. The maximum atomic E-state index is 14.1. The van der Waals surface area contributed by atoms with Crippen LogP contribution < -0.4 is 5.32 Å². The molecule has 2 amide bonds. The Morgan fingerprint density at radius 3 is 2.32 bits per heavy atom. The van der Waals surface area contributed by atoms with Gasteiger partial charge in [0.25, 0.3) is 0 Å². The van der Waals surface area contributed by atoms with E-state index in [-0.39, 0.29) is 24.2 Å². The van der Waals surface area contributed by atoms with Crippen molar-refractivity contribution in [2.24, 2.45) is 0 Å². The molecular weight excluding hydrogens is 567 g/mol. The van der Waals surface area contributed by atoms with Crippen LogP contribution >= 0.6 is 31.9 Å². The zero-order chi connectivity index (χ0) is 24.9. The predicted octanol–water partition coefficient (Wildman–Crippen LogP) is 6.37. The highest BCUT2D eigenvalue weighted by atomic mass is 79.9. The van der Waals surface area contributed by atoms with Crippen molar-refractivity contribution in [1.82, 2.24) is 10.2 Å². The fourth-order valence-corrected chi connectivity index (χ4v) is 5.69. The second-order valence-corrected chi connectivity index (χ2v) is 11.6. The lowest BCUT2D eigenvalue weighted by Gasteiger charge is -2.42. The van der Waals surface area contributed by atoms with E-state index in [2.05, 4.69) is 37.2 Å². The molecule has 2 aromatic carbocycles. The Balaban J connectivity index is 1.67. The summed E-state index contributed by atoms with van der Waals surface area (Å²) < 4.78 is 21.5. The number of amides is 2. The molecule has 0 aliphatic carbocycles. The molecule has 1 aliphatic heterocycles. The quantitative estimate of drug-likeness (QED) is 0.421. The van der Waals surface area contributed by atoms with E-state index in [0.717, 1.165) is 20.1 Å². The van der Waals surface area contributed by atoms with Gasteiger partial charge in [0.2, 0.25) is 5.91 Å².